The second kappa shape index (κ2) is 7.47. The van der Waals surface area contributed by atoms with E-state index in [-0.39, 0.29) is 5.91 Å². The summed E-state index contributed by atoms with van der Waals surface area (Å²) in [7, 11) is 0. The topological polar surface area (TPSA) is 81.2 Å². The van der Waals surface area contributed by atoms with Crippen molar-refractivity contribution in [2.45, 2.75) is 39.0 Å². The van der Waals surface area contributed by atoms with Gasteiger partial charge in [0.2, 0.25) is 17.6 Å². The van der Waals surface area contributed by atoms with Crippen LogP contribution in [0.3, 0.4) is 0 Å². The van der Waals surface area contributed by atoms with Gasteiger partial charge in [0, 0.05) is 19.4 Å². The summed E-state index contributed by atoms with van der Waals surface area (Å²) in [6.45, 7) is 2.86. The molecule has 0 aliphatic heterocycles. The summed E-state index contributed by atoms with van der Waals surface area (Å²) in [5.74, 6) is 1.43. The first-order chi connectivity index (χ1) is 9.79. The van der Waals surface area contributed by atoms with Crippen LogP contribution in [-0.2, 0) is 11.2 Å². The van der Waals surface area contributed by atoms with Crippen LogP contribution in [0.2, 0.25) is 0 Å². The third kappa shape index (κ3) is 4.22. The Kier molecular flexibility index (Phi) is 5.34. The maximum absolute atomic E-state index is 11.6. The van der Waals surface area contributed by atoms with Gasteiger partial charge in [-0.25, -0.2) is 0 Å². The number of carbonyl (C=O) groups is 1. The quantitative estimate of drug-likeness (QED) is 0.750. The number of furan rings is 1. The molecular weight excluding hydrogens is 258 g/mol. The number of hydrogen-bond donors (Lipinski definition) is 1. The summed E-state index contributed by atoms with van der Waals surface area (Å²) in [5.41, 5.74) is 0. The van der Waals surface area contributed by atoms with Gasteiger partial charge < -0.3 is 14.3 Å². The highest BCUT2D eigenvalue weighted by Gasteiger charge is 2.11. The SMILES string of the molecule is CCCCCNC(=O)CCc1nc(-c2ccco2)no1. The fourth-order valence-corrected chi connectivity index (χ4v) is 1.77. The largest absolute Gasteiger partial charge is 0.461 e. The molecule has 0 radical (unpaired) electrons. The Balaban J connectivity index is 1.73. The Bertz CT molecular complexity index is 520. The number of carbonyl (C=O) groups excluding carboxylic acids is 1. The minimum Gasteiger partial charge on any atom is -0.461 e. The molecule has 0 atom stereocenters. The first kappa shape index (κ1) is 14.3. The normalized spacial score (nSPS) is 10.7. The molecule has 0 saturated carbocycles. The second-order valence-electron chi connectivity index (χ2n) is 4.55. The fourth-order valence-electron chi connectivity index (χ4n) is 1.77. The van der Waals surface area contributed by atoms with E-state index in [2.05, 4.69) is 22.4 Å². The Labute approximate surface area is 117 Å². The fraction of sp³-hybridized carbons (Fsp3) is 0.500. The number of aromatic nitrogens is 2. The van der Waals surface area contributed by atoms with Crippen LogP contribution in [0.4, 0.5) is 0 Å². The van der Waals surface area contributed by atoms with Crippen molar-refractivity contribution in [2.24, 2.45) is 0 Å². The van der Waals surface area contributed by atoms with E-state index in [1.54, 1.807) is 18.4 Å². The minimum atomic E-state index is 0.0128. The van der Waals surface area contributed by atoms with E-state index in [0.29, 0.717) is 30.3 Å². The van der Waals surface area contributed by atoms with Crippen molar-refractivity contribution >= 4 is 5.91 Å². The third-order valence-electron chi connectivity index (χ3n) is 2.88. The minimum absolute atomic E-state index is 0.0128. The zero-order valence-electron chi connectivity index (χ0n) is 11.6. The number of rotatable bonds is 8. The van der Waals surface area contributed by atoms with E-state index in [0.717, 1.165) is 25.8 Å². The second-order valence-corrected chi connectivity index (χ2v) is 4.55. The molecule has 6 heteroatoms. The van der Waals surface area contributed by atoms with Crippen molar-refractivity contribution in [3.8, 4) is 11.6 Å². The molecule has 0 bridgehead atoms. The van der Waals surface area contributed by atoms with Gasteiger partial charge in [-0.15, -0.1) is 0 Å². The number of nitrogens with one attached hydrogen (secondary N) is 1. The lowest BCUT2D eigenvalue weighted by molar-refractivity contribution is -0.121. The lowest BCUT2D eigenvalue weighted by Crippen LogP contribution is -2.24. The molecule has 0 saturated heterocycles. The Morgan fingerprint density at radius 1 is 1.40 bits per heavy atom. The summed E-state index contributed by atoms with van der Waals surface area (Å²) in [6.07, 6.45) is 5.64. The summed E-state index contributed by atoms with van der Waals surface area (Å²) in [4.78, 5) is 15.8. The molecule has 0 fully saturated rings. The molecule has 0 aliphatic carbocycles. The van der Waals surface area contributed by atoms with Crippen LogP contribution in [-0.4, -0.2) is 22.6 Å². The molecule has 1 N–H and O–H groups in total. The van der Waals surface area contributed by atoms with Gasteiger partial charge in [-0.1, -0.05) is 24.9 Å². The van der Waals surface area contributed by atoms with E-state index in [4.69, 9.17) is 8.94 Å². The van der Waals surface area contributed by atoms with E-state index in [9.17, 15) is 4.79 Å². The molecule has 0 aliphatic rings. The molecule has 0 aromatic carbocycles. The van der Waals surface area contributed by atoms with E-state index in [1.807, 2.05) is 0 Å². The van der Waals surface area contributed by atoms with Gasteiger partial charge in [-0.3, -0.25) is 4.79 Å². The van der Waals surface area contributed by atoms with Crippen molar-refractivity contribution in [2.75, 3.05) is 6.54 Å². The molecule has 2 rings (SSSR count). The average molecular weight is 277 g/mol. The summed E-state index contributed by atoms with van der Waals surface area (Å²) < 4.78 is 10.3. The van der Waals surface area contributed by atoms with E-state index in [1.165, 1.54) is 0 Å². The monoisotopic (exact) mass is 277 g/mol. The first-order valence-electron chi connectivity index (χ1n) is 6.92. The maximum atomic E-state index is 11.6. The number of amides is 1. The average Bonchev–Trinajstić information content (AvgIpc) is 3.11. The highest BCUT2D eigenvalue weighted by molar-refractivity contribution is 5.75. The molecule has 2 heterocycles. The van der Waals surface area contributed by atoms with Crippen LogP contribution in [0.15, 0.2) is 27.3 Å². The Morgan fingerprint density at radius 2 is 2.30 bits per heavy atom. The molecule has 1 amide bonds. The maximum Gasteiger partial charge on any atom is 0.238 e. The van der Waals surface area contributed by atoms with Crippen LogP contribution in [0, 0.1) is 0 Å². The lowest BCUT2D eigenvalue weighted by atomic mass is 10.2. The first-order valence-corrected chi connectivity index (χ1v) is 6.92. The molecule has 20 heavy (non-hydrogen) atoms. The molecule has 2 aromatic rings. The van der Waals surface area contributed by atoms with Gasteiger partial charge in [-0.05, 0) is 18.6 Å². The van der Waals surface area contributed by atoms with Crippen LogP contribution in [0.25, 0.3) is 11.6 Å². The van der Waals surface area contributed by atoms with Crippen molar-refractivity contribution in [1.29, 1.82) is 0 Å². The summed E-state index contributed by atoms with van der Waals surface area (Å²) >= 11 is 0. The Morgan fingerprint density at radius 3 is 3.05 bits per heavy atom. The predicted octanol–water partition coefficient (Wildman–Crippen LogP) is 2.57. The van der Waals surface area contributed by atoms with Crippen molar-refractivity contribution in [3.63, 3.8) is 0 Å². The van der Waals surface area contributed by atoms with Gasteiger partial charge in [0.1, 0.15) is 0 Å². The van der Waals surface area contributed by atoms with Crippen LogP contribution in [0.1, 0.15) is 38.5 Å². The van der Waals surface area contributed by atoms with Crippen LogP contribution < -0.4 is 5.32 Å². The smallest absolute Gasteiger partial charge is 0.238 e. The van der Waals surface area contributed by atoms with Crippen LogP contribution in [0.5, 0.6) is 0 Å². The van der Waals surface area contributed by atoms with Crippen LogP contribution >= 0.6 is 0 Å². The number of unbranched alkanes of at least 4 members (excludes halogenated alkanes) is 2. The summed E-state index contributed by atoms with van der Waals surface area (Å²) in [5, 5.41) is 6.69. The lowest BCUT2D eigenvalue weighted by Gasteiger charge is -2.02. The zero-order chi connectivity index (χ0) is 14.2. The van der Waals surface area contributed by atoms with Crippen molar-refractivity contribution in [3.05, 3.63) is 24.3 Å². The molecule has 0 unspecified atom stereocenters. The third-order valence-corrected chi connectivity index (χ3v) is 2.88. The van der Waals surface area contributed by atoms with E-state index < -0.39 is 0 Å². The number of aryl methyl sites for hydroxylation is 1. The number of hydrogen-bond acceptors (Lipinski definition) is 5. The number of nitrogens with zero attached hydrogens (tertiary/aromatic N) is 2. The Hall–Kier alpha value is -2.11. The molecule has 108 valence electrons. The highest BCUT2D eigenvalue weighted by atomic mass is 16.5. The van der Waals surface area contributed by atoms with Gasteiger partial charge in [-0.2, -0.15) is 4.98 Å². The van der Waals surface area contributed by atoms with Gasteiger partial charge in [0.05, 0.1) is 6.26 Å². The molecular formula is C14H19N3O3. The van der Waals surface area contributed by atoms with Crippen molar-refractivity contribution in [1.82, 2.24) is 15.5 Å². The highest BCUT2D eigenvalue weighted by Crippen LogP contribution is 2.16. The standard InChI is InChI=1S/C14H19N3O3/c1-2-3-4-9-15-12(18)7-8-13-16-14(17-20-13)11-6-5-10-19-11/h5-6,10H,2-4,7-9H2,1H3,(H,15,18). The summed E-state index contributed by atoms with van der Waals surface area (Å²) in [6, 6.07) is 3.52. The van der Waals surface area contributed by atoms with Gasteiger partial charge >= 0.3 is 0 Å². The predicted molar refractivity (Wildman–Crippen MR) is 72.9 cm³/mol. The van der Waals surface area contributed by atoms with Gasteiger partial charge in [0.15, 0.2) is 5.76 Å². The molecule has 6 nitrogen and oxygen atoms in total. The molecule has 0 spiro atoms. The van der Waals surface area contributed by atoms with E-state index >= 15 is 0 Å². The zero-order valence-corrected chi connectivity index (χ0v) is 11.6. The van der Waals surface area contributed by atoms with Gasteiger partial charge in [0.25, 0.3) is 0 Å². The molecule has 2 aromatic heterocycles. The van der Waals surface area contributed by atoms with Crippen molar-refractivity contribution < 1.29 is 13.7 Å².